The van der Waals surface area contributed by atoms with E-state index in [-0.39, 0.29) is 0 Å². The summed E-state index contributed by atoms with van der Waals surface area (Å²) in [7, 11) is 0. The number of hydrogen-bond acceptors (Lipinski definition) is 6. The van der Waals surface area contributed by atoms with Crippen LogP contribution in [0.5, 0.6) is 5.88 Å². The number of hydrogen-bond donors (Lipinski definition) is 2. The Bertz CT molecular complexity index is 433. The number of ether oxygens (including phenoxy) is 2. The van der Waals surface area contributed by atoms with Gasteiger partial charge in [-0.2, -0.15) is 4.98 Å². The molecule has 1 aliphatic heterocycles. The van der Waals surface area contributed by atoms with Gasteiger partial charge in [0.15, 0.2) is 0 Å². The minimum Gasteiger partial charge on any atom is -0.477 e. The van der Waals surface area contributed by atoms with E-state index in [1.54, 1.807) is 0 Å². The molecule has 0 bridgehead atoms. The number of nitrogens with zero attached hydrogens (tertiary/aromatic N) is 2. The summed E-state index contributed by atoms with van der Waals surface area (Å²) >= 11 is 0. The highest BCUT2D eigenvalue weighted by molar-refractivity contribution is 5.47. The summed E-state index contributed by atoms with van der Waals surface area (Å²) in [6, 6.07) is 0. The van der Waals surface area contributed by atoms with Gasteiger partial charge in [-0.05, 0) is 32.1 Å². The van der Waals surface area contributed by atoms with Crippen molar-refractivity contribution in [3.8, 4) is 5.88 Å². The fourth-order valence-corrected chi connectivity index (χ4v) is 2.27. The summed E-state index contributed by atoms with van der Waals surface area (Å²) in [6.45, 7) is 6.35. The Labute approximate surface area is 120 Å². The summed E-state index contributed by atoms with van der Waals surface area (Å²) in [5.74, 6) is 8.11. The zero-order chi connectivity index (χ0) is 14.4. The molecule has 6 nitrogen and oxygen atoms in total. The van der Waals surface area contributed by atoms with Gasteiger partial charge in [0.05, 0.1) is 12.2 Å². The van der Waals surface area contributed by atoms with Crippen molar-refractivity contribution in [3.05, 3.63) is 11.4 Å². The van der Waals surface area contributed by atoms with Crippen LogP contribution in [0.25, 0.3) is 0 Å². The molecule has 2 heterocycles. The molecule has 0 saturated carbocycles. The highest BCUT2D eigenvalue weighted by atomic mass is 16.5. The molecule has 0 radical (unpaired) electrons. The summed E-state index contributed by atoms with van der Waals surface area (Å²) in [4.78, 5) is 8.88. The third kappa shape index (κ3) is 3.80. The van der Waals surface area contributed by atoms with Gasteiger partial charge in [0.25, 0.3) is 0 Å². The third-order valence-corrected chi connectivity index (χ3v) is 3.55. The first kappa shape index (κ1) is 15.0. The molecule has 2 rings (SSSR count). The maximum Gasteiger partial charge on any atom is 0.221 e. The number of nitrogens with two attached hydrogens (primary N) is 1. The normalized spacial score (nSPS) is 16.1. The second-order valence-corrected chi connectivity index (χ2v) is 5.18. The molecule has 1 saturated heterocycles. The Hall–Kier alpha value is -1.40. The van der Waals surface area contributed by atoms with Crippen molar-refractivity contribution >= 4 is 5.82 Å². The minimum absolute atomic E-state index is 0.544. The molecule has 0 unspecified atom stereocenters. The van der Waals surface area contributed by atoms with Crippen LogP contribution in [0, 0.1) is 12.8 Å². The van der Waals surface area contributed by atoms with E-state index in [1.165, 1.54) is 0 Å². The number of hydrazine groups is 1. The lowest BCUT2D eigenvalue weighted by Crippen LogP contribution is -2.22. The van der Waals surface area contributed by atoms with E-state index < -0.39 is 0 Å². The van der Waals surface area contributed by atoms with Crippen molar-refractivity contribution in [2.24, 2.45) is 11.8 Å². The maximum atomic E-state index is 5.90. The van der Waals surface area contributed by atoms with Crippen molar-refractivity contribution in [1.29, 1.82) is 0 Å². The summed E-state index contributed by atoms with van der Waals surface area (Å²) in [6.07, 6.45) is 3.91. The lowest BCUT2D eigenvalue weighted by molar-refractivity contribution is 0.0489. The molecule has 0 spiro atoms. The van der Waals surface area contributed by atoms with E-state index in [4.69, 9.17) is 15.3 Å². The molecule has 0 amide bonds. The van der Waals surface area contributed by atoms with Crippen LogP contribution < -0.4 is 16.0 Å². The molecule has 20 heavy (non-hydrogen) atoms. The van der Waals surface area contributed by atoms with Crippen LogP contribution in [0.4, 0.5) is 5.82 Å². The van der Waals surface area contributed by atoms with Crippen LogP contribution in [0.15, 0.2) is 0 Å². The first-order valence-electron chi connectivity index (χ1n) is 7.29. The number of anilines is 1. The minimum atomic E-state index is 0.544. The monoisotopic (exact) mass is 280 g/mol. The third-order valence-electron chi connectivity index (χ3n) is 3.55. The molecule has 6 heteroatoms. The number of aryl methyl sites for hydroxylation is 1. The summed E-state index contributed by atoms with van der Waals surface area (Å²) in [5, 5.41) is 0. The fraction of sp³-hybridized carbons (Fsp3) is 0.714. The zero-order valence-corrected chi connectivity index (χ0v) is 12.3. The van der Waals surface area contributed by atoms with Gasteiger partial charge in [-0.1, -0.05) is 6.92 Å². The molecule has 0 aromatic carbocycles. The van der Waals surface area contributed by atoms with Crippen molar-refractivity contribution in [3.63, 3.8) is 0 Å². The van der Waals surface area contributed by atoms with E-state index in [0.717, 1.165) is 50.3 Å². The molecule has 0 aliphatic carbocycles. The van der Waals surface area contributed by atoms with Crippen molar-refractivity contribution in [1.82, 2.24) is 9.97 Å². The maximum absolute atomic E-state index is 5.90. The first-order valence-corrected chi connectivity index (χ1v) is 7.29. The number of nitrogen functional groups attached to an aromatic ring is 1. The van der Waals surface area contributed by atoms with Gasteiger partial charge in [-0.3, -0.25) is 0 Å². The predicted molar refractivity (Wildman–Crippen MR) is 77.6 cm³/mol. The van der Waals surface area contributed by atoms with E-state index >= 15 is 0 Å². The number of aromatic nitrogens is 2. The molecular weight excluding hydrogens is 256 g/mol. The van der Waals surface area contributed by atoms with Crippen LogP contribution >= 0.6 is 0 Å². The van der Waals surface area contributed by atoms with Gasteiger partial charge < -0.3 is 14.9 Å². The van der Waals surface area contributed by atoms with Gasteiger partial charge in [0.1, 0.15) is 11.6 Å². The lowest BCUT2D eigenvalue weighted by atomic mass is 10.0. The molecule has 1 aromatic heterocycles. The van der Waals surface area contributed by atoms with Crippen LogP contribution in [0.2, 0.25) is 0 Å². The SMILES string of the molecule is CCCc1nc(NN)c(C)c(OCC2CCOCC2)n1. The van der Waals surface area contributed by atoms with Gasteiger partial charge in [-0.25, -0.2) is 10.8 Å². The highest BCUT2D eigenvalue weighted by Gasteiger charge is 2.17. The largest absolute Gasteiger partial charge is 0.477 e. The van der Waals surface area contributed by atoms with Crippen LogP contribution in [0.3, 0.4) is 0 Å². The number of nitrogens with one attached hydrogen (secondary N) is 1. The zero-order valence-electron chi connectivity index (χ0n) is 12.3. The topological polar surface area (TPSA) is 82.3 Å². The van der Waals surface area contributed by atoms with Gasteiger partial charge >= 0.3 is 0 Å². The molecule has 1 aromatic rings. The van der Waals surface area contributed by atoms with Crippen LogP contribution in [-0.4, -0.2) is 29.8 Å². The second kappa shape index (κ2) is 7.40. The van der Waals surface area contributed by atoms with Crippen LogP contribution in [-0.2, 0) is 11.2 Å². The van der Waals surface area contributed by atoms with Gasteiger partial charge in [0, 0.05) is 19.6 Å². The summed E-state index contributed by atoms with van der Waals surface area (Å²) in [5.41, 5.74) is 3.48. The lowest BCUT2D eigenvalue weighted by Gasteiger charge is -2.22. The molecule has 112 valence electrons. The smallest absolute Gasteiger partial charge is 0.221 e. The first-order chi connectivity index (χ1) is 9.74. The van der Waals surface area contributed by atoms with Gasteiger partial charge in [-0.15, -0.1) is 0 Å². The molecule has 1 aliphatic rings. The van der Waals surface area contributed by atoms with Crippen molar-refractivity contribution in [2.75, 3.05) is 25.2 Å². The standard InChI is InChI=1S/C14H24N4O2/c1-3-4-12-16-13(18-15)10(2)14(17-12)20-9-11-5-7-19-8-6-11/h11H,3-9,15H2,1-2H3,(H,16,17,18). The van der Waals surface area contributed by atoms with Crippen molar-refractivity contribution < 1.29 is 9.47 Å². The second-order valence-electron chi connectivity index (χ2n) is 5.18. The Morgan fingerprint density at radius 2 is 2.10 bits per heavy atom. The molecule has 1 fully saturated rings. The molecule has 0 atom stereocenters. The van der Waals surface area contributed by atoms with E-state index in [2.05, 4.69) is 22.3 Å². The molecular formula is C14H24N4O2. The quantitative estimate of drug-likeness (QED) is 0.611. The van der Waals surface area contributed by atoms with E-state index in [0.29, 0.717) is 24.2 Å². The average molecular weight is 280 g/mol. The average Bonchev–Trinajstić information content (AvgIpc) is 2.48. The van der Waals surface area contributed by atoms with Crippen molar-refractivity contribution in [2.45, 2.75) is 39.5 Å². The summed E-state index contributed by atoms with van der Waals surface area (Å²) < 4.78 is 11.3. The highest BCUT2D eigenvalue weighted by Crippen LogP contribution is 2.24. The van der Waals surface area contributed by atoms with E-state index in [9.17, 15) is 0 Å². The Morgan fingerprint density at radius 1 is 1.35 bits per heavy atom. The molecule has 3 N–H and O–H groups in total. The van der Waals surface area contributed by atoms with E-state index in [1.807, 2.05) is 6.92 Å². The number of rotatable bonds is 6. The van der Waals surface area contributed by atoms with Crippen LogP contribution in [0.1, 0.15) is 37.6 Å². The fourth-order valence-electron chi connectivity index (χ4n) is 2.27. The predicted octanol–water partition coefficient (Wildman–Crippen LogP) is 1.83. The Morgan fingerprint density at radius 3 is 2.75 bits per heavy atom. The van der Waals surface area contributed by atoms with Gasteiger partial charge in [0.2, 0.25) is 5.88 Å². The Kier molecular flexibility index (Phi) is 5.55. The Balaban J connectivity index is 2.06.